The lowest BCUT2D eigenvalue weighted by molar-refractivity contribution is 0.192. The molecule has 1 N–H and O–H groups in total. The fourth-order valence-electron chi connectivity index (χ4n) is 2.41. The van der Waals surface area contributed by atoms with Crippen molar-refractivity contribution >= 4 is 0 Å². The Morgan fingerprint density at radius 2 is 1.89 bits per heavy atom. The number of methoxy groups -OCH3 is 1. The quantitative estimate of drug-likeness (QED) is 0.713. The largest absolute Gasteiger partial charge is 0.385 e. The average molecular weight is 249 g/mol. The van der Waals surface area contributed by atoms with Crippen molar-refractivity contribution in [3.05, 3.63) is 35.9 Å². The first-order chi connectivity index (χ1) is 8.56. The van der Waals surface area contributed by atoms with Gasteiger partial charge in [0.15, 0.2) is 0 Å². The highest BCUT2D eigenvalue weighted by Gasteiger charge is 2.22. The maximum absolute atomic E-state index is 5.05. The van der Waals surface area contributed by atoms with Crippen LogP contribution in [0.3, 0.4) is 0 Å². The smallest absolute Gasteiger partial charge is 0.0474 e. The van der Waals surface area contributed by atoms with Crippen LogP contribution in [0.2, 0.25) is 0 Å². The number of nitrogens with one attached hydrogen (secondary N) is 1. The molecule has 0 bridgehead atoms. The summed E-state index contributed by atoms with van der Waals surface area (Å²) in [4.78, 5) is 0. The van der Waals surface area contributed by atoms with Gasteiger partial charge in [0.05, 0.1) is 0 Å². The molecule has 18 heavy (non-hydrogen) atoms. The van der Waals surface area contributed by atoms with Crippen LogP contribution in [0.1, 0.15) is 39.2 Å². The first kappa shape index (κ1) is 15.2. The van der Waals surface area contributed by atoms with Crippen LogP contribution in [0.5, 0.6) is 0 Å². The Bertz CT molecular complexity index is 321. The minimum Gasteiger partial charge on any atom is -0.385 e. The predicted octanol–water partition coefficient (Wildman–Crippen LogP) is 3.37. The summed E-state index contributed by atoms with van der Waals surface area (Å²) in [6.07, 6.45) is 2.22. The standard InChI is InChI=1S/C16H27NO/c1-14(17-11-8-12-18-4)13-16(2,3)15-9-6-5-7-10-15/h5-7,9-10,14,17H,8,11-13H2,1-4H3. The molecular weight excluding hydrogens is 222 g/mol. The first-order valence-corrected chi connectivity index (χ1v) is 6.84. The molecular formula is C16H27NO. The fourth-order valence-corrected chi connectivity index (χ4v) is 2.41. The van der Waals surface area contributed by atoms with Crippen LogP contribution in [-0.4, -0.2) is 26.3 Å². The molecule has 0 saturated heterocycles. The van der Waals surface area contributed by atoms with E-state index in [9.17, 15) is 0 Å². The van der Waals surface area contributed by atoms with E-state index in [0.29, 0.717) is 6.04 Å². The fraction of sp³-hybridized carbons (Fsp3) is 0.625. The van der Waals surface area contributed by atoms with Gasteiger partial charge in [0.1, 0.15) is 0 Å². The normalized spacial score (nSPS) is 13.6. The molecule has 0 spiro atoms. The van der Waals surface area contributed by atoms with Gasteiger partial charge in [-0.15, -0.1) is 0 Å². The van der Waals surface area contributed by atoms with E-state index in [-0.39, 0.29) is 5.41 Å². The molecule has 1 aromatic rings. The molecule has 0 heterocycles. The third kappa shape index (κ3) is 5.19. The van der Waals surface area contributed by atoms with Crippen LogP contribution < -0.4 is 5.32 Å². The van der Waals surface area contributed by atoms with Gasteiger partial charge in [0, 0.05) is 19.8 Å². The minimum atomic E-state index is 0.217. The Morgan fingerprint density at radius 3 is 2.50 bits per heavy atom. The van der Waals surface area contributed by atoms with Crippen molar-refractivity contribution in [2.75, 3.05) is 20.3 Å². The lowest BCUT2D eigenvalue weighted by atomic mass is 9.79. The second-order valence-electron chi connectivity index (χ2n) is 5.66. The number of benzene rings is 1. The molecule has 1 aromatic carbocycles. The number of rotatable bonds is 8. The van der Waals surface area contributed by atoms with Crippen LogP contribution in [-0.2, 0) is 10.2 Å². The van der Waals surface area contributed by atoms with Crippen molar-refractivity contribution in [3.63, 3.8) is 0 Å². The number of ether oxygens (including phenoxy) is 1. The van der Waals surface area contributed by atoms with Crippen LogP contribution in [0.25, 0.3) is 0 Å². The van der Waals surface area contributed by atoms with Gasteiger partial charge in [-0.1, -0.05) is 44.2 Å². The molecule has 2 heteroatoms. The molecule has 0 saturated carbocycles. The van der Waals surface area contributed by atoms with Crippen molar-refractivity contribution in [2.45, 2.75) is 45.1 Å². The van der Waals surface area contributed by atoms with E-state index in [1.165, 1.54) is 5.56 Å². The zero-order chi connectivity index (χ0) is 13.4. The first-order valence-electron chi connectivity index (χ1n) is 6.84. The van der Waals surface area contributed by atoms with Gasteiger partial charge in [-0.2, -0.15) is 0 Å². The SMILES string of the molecule is COCCCNC(C)CC(C)(C)c1ccccc1. The summed E-state index contributed by atoms with van der Waals surface area (Å²) in [6.45, 7) is 8.75. The average Bonchev–Trinajstić information content (AvgIpc) is 2.35. The van der Waals surface area contributed by atoms with Gasteiger partial charge in [-0.3, -0.25) is 0 Å². The summed E-state index contributed by atoms with van der Waals surface area (Å²) in [5.41, 5.74) is 1.63. The molecule has 0 aliphatic carbocycles. The Labute approximate surface area is 112 Å². The molecule has 1 atom stereocenters. The topological polar surface area (TPSA) is 21.3 Å². The van der Waals surface area contributed by atoms with Gasteiger partial charge in [0.25, 0.3) is 0 Å². The van der Waals surface area contributed by atoms with E-state index in [0.717, 1.165) is 26.0 Å². The van der Waals surface area contributed by atoms with E-state index in [1.54, 1.807) is 7.11 Å². The summed E-state index contributed by atoms with van der Waals surface area (Å²) >= 11 is 0. The summed E-state index contributed by atoms with van der Waals surface area (Å²) in [6, 6.07) is 11.3. The Kier molecular flexibility index (Phi) is 6.37. The zero-order valence-corrected chi connectivity index (χ0v) is 12.2. The number of hydrogen-bond donors (Lipinski definition) is 1. The number of hydrogen-bond acceptors (Lipinski definition) is 2. The highest BCUT2D eigenvalue weighted by Crippen LogP contribution is 2.27. The summed E-state index contributed by atoms with van der Waals surface area (Å²) in [5.74, 6) is 0. The summed E-state index contributed by atoms with van der Waals surface area (Å²) in [7, 11) is 1.75. The maximum atomic E-state index is 5.05. The monoisotopic (exact) mass is 249 g/mol. The maximum Gasteiger partial charge on any atom is 0.0474 e. The van der Waals surface area contributed by atoms with E-state index in [1.807, 2.05) is 0 Å². The second kappa shape index (κ2) is 7.55. The molecule has 0 radical (unpaired) electrons. The van der Waals surface area contributed by atoms with Crippen LogP contribution in [0.15, 0.2) is 30.3 Å². The van der Waals surface area contributed by atoms with Crippen molar-refractivity contribution in [1.29, 1.82) is 0 Å². The molecule has 0 aliphatic heterocycles. The van der Waals surface area contributed by atoms with Crippen molar-refractivity contribution in [2.24, 2.45) is 0 Å². The van der Waals surface area contributed by atoms with Crippen LogP contribution in [0.4, 0.5) is 0 Å². The van der Waals surface area contributed by atoms with E-state index >= 15 is 0 Å². The molecule has 0 aliphatic rings. The van der Waals surface area contributed by atoms with Gasteiger partial charge in [-0.05, 0) is 37.3 Å². The third-order valence-electron chi connectivity index (χ3n) is 3.39. The highest BCUT2D eigenvalue weighted by atomic mass is 16.5. The van der Waals surface area contributed by atoms with Crippen molar-refractivity contribution < 1.29 is 4.74 Å². The molecule has 1 unspecified atom stereocenters. The summed E-state index contributed by atoms with van der Waals surface area (Å²) in [5, 5.41) is 3.56. The zero-order valence-electron chi connectivity index (χ0n) is 12.2. The van der Waals surface area contributed by atoms with Gasteiger partial charge >= 0.3 is 0 Å². The van der Waals surface area contributed by atoms with E-state index < -0.39 is 0 Å². The van der Waals surface area contributed by atoms with Crippen LogP contribution in [0, 0.1) is 0 Å². The van der Waals surface area contributed by atoms with E-state index in [2.05, 4.69) is 56.4 Å². The minimum absolute atomic E-state index is 0.217. The van der Waals surface area contributed by atoms with E-state index in [4.69, 9.17) is 4.74 Å². The molecule has 0 aromatic heterocycles. The Morgan fingerprint density at radius 1 is 1.22 bits per heavy atom. The van der Waals surface area contributed by atoms with Crippen LogP contribution >= 0.6 is 0 Å². The lowest BCUT2D eigenvalue weighted by Crippen LogP contribution is -2.34. The molecule has 1 rings (SSSR count). The Hall–Kier alpha value is -0.860. The van der Waals surface area contributed by atoms with Gasteiger partial charge < -0.3 is 10.1 Å². The van der Waals surface area contributed by atoms with Gasteiger partial charge in [0.2, 0.25) is 0 Å². The predicted molar refractivity (Wildman–Crippen MR) is 78.0 cm³/mol. The van der Waals surface area contributed by atoms with Crippen molar-refractivity contribution in [3.8, 4) is 0 Å². The molecule has 0 fully saturated rings. The third-order valence-corrected chi connectivity index (χ3v) is 3.39. The van der Waals surface area contributed by atoms with Crippen molar-refractivity contribution in [1.82, 2.24) is 5.32 Å². The second-order valence-corrected chi connectivity index (χ2v) is 5.66. The van der Waals surface area contributed by atoms with Gasteiger partial charge in [-0.25, -0.2) is 0 Å². The molecule has 2 nitrogen and oxygen atoms in total. The Balaban J connectivity index is 2.40. The molecule has 102 valence electrons. The summed E-state index contributed by atoms with van der Waals surface area (Å²) < 4.78 is 5.05. The molecule has 0 amide bonds. The highest BCUT2D eigenvalue weighted by molar-refractivity contribution is 5.23. The lowest BCUT2D eigenvalue weighted by Gasteiger charge is -2.29.